The molecule has 2 aromatic carbocycles. The Bertz CT molecular complexity index is 598. The molecule has 0 saturated carbocycles. The molecule has 1 atom stereocenters. The molecule has 0 bridgehead atoms. The molecule has 0 radical (unpaired) electrons. The van der Waals surface area contributed by atoms with E-state index in [9.17, 15) is 13.9 Å². The van der Waals surface area contributed by atoms with Crippen molar-refractivity contribution in [3.8, 4) is 0 Å². The zero-order valence-electron chi connectivity index (χ0n) is 10.4. The van der Waals surface area contributed by atoms with Gasteiger partial charge in [0.25, 0.3) is 0 Å². The zero-order valence-corrected chi connectivity index (χ0v) is 11.9. The lowest BCUT2D eigenvalue weighted by Crippen LogP contribution is -2.31. The fraction of sp³-hybridized carbons (Fsp3) is 0.200. The van der Waals surface area contributed by atoms with Crippen LogP contribution in [0.3, 0.4) is 0 Å². The molecule has 2 aromatic rings. The highest BCUT2D eigenvalue weighted by Crippen LogP contribution is 2.31. The van der Waals surface area contributed by atoms with Gasteiger partial charge in [0.1, 0.15) is 17.2 Å². The minimum Gasteiger partial charge on any atom is -0.384 e. The lowest BCUT2D eigenvalue weighted by atomic mass is 9.88. The van der Waals surface area contributed by atoms with Gasteiger partial charge in [0.2, 0.25) is 0 Å². The molecule has 2 rings (SSSR count). The van der Waals surface area contributed by atoms with Gasteiger partial charge in [0.15, 0.2) is 0 Å². The van der Waals surface area contributed by atoms with Crippen molar-refractivity contribution in [3.63, 3.8) is 0 Å². The average Bonchev–Trinajstić information content (AvgIpc) is 2.40. The molecule has 0 aliphatic rings. The van der Waals surface area contributed by atoms with Gasteiger partial charge < -0.3 is 5.11 Å². The Morgan fingerprint density at radius 2 is 1.65 bits per heavy atom. The van der Waals surface area contributed by atoms with Crippen LogP contribution in [0.25, 0.3) is 0 Å². The molecule has 1 unspecified atom stereocenters. The van der Waals surface area contributed by atoms with Crippen LogP contribution in [0.15, 0.2) is 42.5 Å². The van der Waals surface area contributed by atoms with Crippen LogP contribution in [-0.2, 0) is 12.0 Å². The second-order valence-corrected chi connectivity index (χ2v) is 5.27. The Morgan fingerprint density at radius 3 is 2.20 bits per heavy atom. The Kier molecular flexibility index (Phi) is 4.63. The fourth-order valence-corrected chi connectivity index (χ4v) is 2.46. The number of hydrogen-bond acceptors (Lipinski definition) is 1. The average molecular weight is 317 g/mol. The van der Waals surface area contributed by atoms with E-state index >= 15 is 0 Å². The van der Waals surface area contributed by atoms with Crippen LogP contribution in [0.5, 0.6) is 0 Å². The lowest BCUT2D eigenvalue weighted by Gasteiger charge is -2.27. The lowest BCUT2D eigenvalue weighted by molar-refractivity contribution is 0.0607. The van der Waals surface area contributed by atoms with Crippen LogP contribution in [0.4, 0.5) is 8.78 Å². The third-order valence-electron chi connectivity index (χ3n) is 3.06. The Labute approximate surface area is 125 Å². The predicted molar refractivity (Wildman–Crippen MR) is 76.1 cm³/mol. The molecular formula is C15H12Cl2F2O. The monoisotopic (exact) mass is 316 g/mol. The van der Waals surface area contributed by atoms with Gasteiger partial charge in [0.05, 0.1) is 5.88 Å². The summed E-state index contributed by atoms with van der Waals surface area (Å²) in [6.07, 6.45) is 0.0685. The van der Waals surface area contributed by atoms with E-state index in [1.165, 1.54) is 0 Å². The summed E-state index contributed by atoms with van der Waals surface area (Å²) < 4.78 is 26.6. The third kappa shape index (κ3) is 3.29. The summed E-state index contributed by atoms with van der Waals surface area (Å²) >= 11 is 11.8. The topological polar surface area (TPSA) is 20.2 Å². The molecule has 0 amide bonds. The number of benzene rings is 2. The fourth-order valence-electron chi connectivity index (χ4n) is 2.01. The molecule has 1 N–H and O–H groups in total. The number of halogens is 4. The van der Waals surface area contributed by atoms with Gasteiger partial charge in [-0.3, -0.25) is 0 Å². The maximum Gasteiger partial charge on any atom is 0.126 e. The van der Waals surface area contributed by atoms with Gasteiger partial charge in [-0.1, -0.05) is 29.8 Å². The summed E-state index contributed by atoms with van der Waals surface area (Å²) in [5, 5.41) is 11.1. The van der Waals surface area contributed by atoms with Crippen LogP contribution in [-0.4, -0.2) is 11.0 Å². The summed E-state index contributed by atoms with van der Waals surface area (Å²) in [7, 11) is 0. The summed E-state index contributed by atoms with van der Waals surface area (Å²) in [5.74, 6) is -1.73. The molecule has 0 fully saturated rings. The second-order valence-electron chi connectivity index (χ2n) is 4.59. The Morgan fingerprint density at radius 1 is 1.05 bits per heavy atom. The van der Waals surface area contributed by atoms with Crippen molar-refractivity contribution in [1.29, 1.82) is 0 Å². The molecule has 0 aliphatic heterocycles. The Hall–Kier alpha value is -1.16. The highest BCUT2D eigenvalue weighted by Gasteiger charge is 2.30. The largest absolute Gasteiger partial charge is 0.384 e. The van der Waals surface area contributed by atoms with E-state index in [0.29, 0.717) is 10.6 Å². The second kappa shape index (κ2) is 6.08. The molecule has 0 spiro atoms. The molecule has 0 aliphatic carbocycles. The van der Waals surface area contributed by atoms with Crippen LogP contribution in [0, 0.1) is 11.6 Å². The van der Waals surface area contributed by atoms with Gasteiger partial charge >= 0.3 is 0 Å². The molecule has 0 saturated heterocycles. The van der Waals surface area contributed by atoms with Gasteiger partial charge in [-0.15, -0.1) is 11.6 Å². The molecule has 0 aromatic heterocycles. The first kappa shape index (κ1) is 15.2. The molecular weight excluding hydrogens is 305 g/mol. The van der Waals surface area contributed by atoms with E-state index < -0.39 is 17.2 Å². The molecule has 106 valence electrons. The van der Waals surface area contributed by atoms with E-state index in [1.54, 1.807) is 24.3 Å². The van der Waals surface area contributed by atoms with E-state index in [2.05, 4.69) is 0 Å². The summed E-state index contributed by atoms with van der Waals surface area (Å²) in [5.41, 5.74) is -0.845. The number of rotatable bonds is 4. The number of aliphatic hydroxyl groups is 1. The Balaban J connectivity index is 2.41. The van der Waals surface area contributed by atoms with Crippen molar-refractivity contribution < 1.29 is 13.9 Å². The molecule has 1 nitrogen and oxygen atoms in total. The highest BCUT2D eigenvalue weighted by molar-refractivity contribution is 6.31. The first-order valence-electron chi connectivity index (χ1n) is 5.93. The maximum absolute atomic E-state index is 13.3. The van der Waals surface area contributed by atoms with Crippen LogP contribution in [0.1, 0.15) is 11.1 Å². The van der Waals surface area contributed by atoms with Crippen LogP contribution in [0.2, 0.25) is 5.02 Å². The van der Waals surface area contributed by atoms with Gasteiger partial charge in [-0.05, 0) is 29.3 Å². The van der Waals surface area contributed by atoms with Crippen molar-refractivity contribution in [2.45, 2.75) is 12.0 Å². The van der Waals surface area contributed by atoms with E-state index in [-0.39, 0.29) is 17.9 Å². The van der Waals surface area contributed by atoms with Gasteiger partial charge in [-0.25, -0.2) is 8.78 Å². The first-order chi connectivity index (χ1) is 9.44. The standard InChI is InChI=1S/C15H12Cl2F2O/c16-9-15(20,8-10-3-1-2-4-14(10)17)11-5-12(18)7-13(19)6-11/h1-7,20H,8-9H2. The quantitative estimate of drug-likeness (QED) is 0.834. The number of alkyl halides is 1. The zero-order chi connectivity index (χ0) is 14.8. The van der Waals surface area contributed by atoms with Crippen molar-refractivity contribution in [3.05, 3.63) is 70.2 Å². The van der Waals surface area contributed by atoms with Gasteiger partial charge in [0, 0.05) is 17.5 Å². The summed E-state index contributed by atoms with van der Waals surface area (Å²) in [6.45, 7) is 0. The van der Waals surface area contributed by atoms with Crippen molar-refractivity contribution >= 4 is 23.2 Å². The minimum atomic E-state index is -1.59. The molecule has 20 heavy (non-hydrogen) atoms. The minimum absolute atomic E-state index is 0.0685. The third-order valence-corrected chi connectivity index (χ3v) is 3.87. The molecule has 0 heterocycles. The highest BCUT2D eigenvalue weighted by atomic mass is 35.5. The SMILES string of the molecule is OC(CCl)(Cc1ccccc1Cl)c1cc(F)cc(F)c1. The van der Waals surface area contributed by atoms with E-state index in [0.717, 1.165) is 18.2 Å². The van der Waals surface area contributed by atoms with Crippen LogP contribution < -0.4 is 0 Å². The smallest absolute Gasteiger partial charge is 0.126 e. The van der Waals surface area contributed by atoms with Crippen molar-refractivity contribution in [1.82, 2.24) is 0 Å². The van der Waals surface area contributed by atoms with Crippen LogP contribution >= 0.6 is 23.2 Å². The maximum atomic E-state index is 13.3. The number of hydrogen-bond donors (Lipinski definition) is 1. The normalized spacial score (nSPS) is 14.1. The summed E-state index contributed by atoms with van der Waals surface area (Å²) in [4.78, 5) is 0. The molecule has 5 heteroatoms. The van der Waals surface area contributed by atoms with Crippen molar-refractivity contribution in [2.24, 2.45) is 0 Å². The first-order valence-corrected chi connectivity index (χ1v) is 6.84. The van der Waals surface area contributed by atoms with Gasteiger partial charge in [-0.2, -0.15) is 0 Å². The van der Waals surface area contributed by atoms with Crippen molar-refractivity contribution in [2.75, 3.05) is 5.88 Å². The summed E-state index contributed by atoms with van der Waals surface area (Å²) in [6, 6.07) is 9.82. The predicted octanol–water partition coefficient (Wildman–Crippen LogP) is 4.29. The van der Waals surface area contributed by atoms with E-state index in [1.807, 2.05) is 0 Å². The van der Waals surface area contributed by atoms with E-state index in [4.69, 9.17) is 23.2 Å².